The van der Waals surface area contributed by atoms with E-state index in [0.29, 0.717) is 10.5 Å². The Bertz CT molecular complexity index is 688. The van der Waals surface area contributed by atoms with Crippen molar-refractivity contribution in [1.29, 1.82) is 0 Å². The fourth-order valence-corrected chi connectivity index (χ4v) is 2.49. The first-order valence-corrected chi connectivity index (χ1v) is 7.06. The highest BCUT2D eigenvalue weighted by atomic mass is 19.4. The monoisotopic (exact) mass is 344 g/mol. The lowest BCUT2D eigenvalue weighted by Crippen LogP contribution is -2.36. The Labute approximate surface area is 135 Å². The van der Waals surface area contributed by atoms with Crippen LogP contribution in [0.2, 0.25) is 0 Å². The lowest BCUT2D eigenvalue weighted by molar-refractivity contribution is -0.157. The molecule has 1 fully saturated rings. The van der Waals surface area contributed by atoms with Gasteiger partial charge in [0.1, 0.15) is 6.54 Å². The number of carbonyl (C=O) groups is 3. The van der Waals surface area contributed by atoms with Gasteiger partial charge in [0.15, 0.2) is 0 Å². The number of aromatic carboxylic acids is 1. The number of carboxylic acid groups (broad SMARTS) is 1. The number of nitrogens with one attached hydrogen (secondary N) is 1. The Balaban J connectivity index is 2.05. The van der Waals surface area contributed by atoms with Crippen LogP contribution >= 0.6 is 0 Å². The van der Waals surface area contributed by atoms with Crippen molar-refractivity contribution in [3.8, 4) is 0 Å². The number of rotatable bonds is 4. The van der Waals surface area contributed by atoms with Crippen molar-refractivity contribution in [3.05, 3.63) is 29.3 Å². The van der Waals surface area contributed by atoms with E-state index in [0.717, 1.165) is 0 Å². The van der Waals surface area contributed by atoms with Gasteiger partial charge in [-0.25, -0.2) is 4.79 Å². The van der Waals surface area contributed by atoms with E-state index in [1.807, 2.05) is 0 Å². The molecule has 0 aliphatic carbocycles. The summed E-state index contributed by atoms with van der Waals surface area (Å²) in [5.41, 5.74) is 0.728. The quantitative estimate of drug-likeness (QED) is 0.875. The molecule has 0 spiro atoms. The number of benzene rings is 1. The van der Waals surface area contributed by atoms with Crippen LogP contribution in [0.15, 0.2) is 18.2 Å². The molecule has 2 N–H and O–H groups in total. The maximum atomic E-state index is 12.4. The van der Waals surface area contributed by atoms with E-state index in [1.54, 1.807) is 6.92 Å². The zero-order valence-corrected chi connectivity index (χ0v) is 12.7. The number of alkyl halides is 3. The molecule has 0 aromatic heterocycles. The zero-order chi connectivity index (χ0) is 18.1. The van der Waals surface area contributed by atoms with Gasteiger partial charge in [-0.1, -0.05) is 6.07 Å². The van der Waals surface area contributed by atoms with E-state index >= 15 is 0 Å². The fourth-order valence-electron chi connectivity index (χ4n) is 2.49. The molecule has 1 unspecified atom stereocenters. The van der Waals surface area contributed by atoms with Crippen molar-refractivity contribution in [2.45, 2.75) is 19.5 Å². The van der Waals surface area contributed by atoms with Crippen molar-refractivity contribution in [3.63, 3.8) is 0 Å². The number of hydrogen-bond acceptors (Lipinski definition) is 3. The van der Waals surface area contributed by atoms with Gasteiger partial charge in [-0.2, -0.15) is 13.2 Å². The molecule has 9 heteroatoms. The van der Waals surface area contributed by atoms with Crippen LogP contribution in [0.5, 0.6) is 0 Å². The van der Waals surface area contributed by atoms with E-state index in [-0.39, 0.29) is 24.2 Å². The fraction of sp³-hybridized carbons (Fsp3) is 0.400. The van der Waals surface area contributed by atoms with Crippen LogP contribution in [-0.4, -0.2) is 47.1 Å². The predicted octanol–water partition coefficient (Wildman–Crippen LogP) is 2.04. The number of hydrogen-bond donors (Lipinski definition) is 2. The Kier molecular flexibility index (Phi) is 4.81. The number of aryl methyl sites for hydroxylation is 1. The first-order valence-electron chi connectivity index (χ1n) is 7.06. The standard InChI is InChI=1S/C15H15F3N2O4/c1-8-2-3-10(5-11(8)14(23)24)19-13(22)9-4-12(21)20(6-9)7-15(16,17)18/h2-3,5,9H,4,6-7H2,1H3,(H,19,22)(H,23,24). The maximum Gasteiger partial charge on any atom is 0.406 e. The highest BCUT2D eigenvalue weighted by Gasteiger charge is 2.40. The molecular formula is C15H15F3N2O4. The maximum absolute atomic E-state index is 12.4. The highest BCUT2D eigenvalue weighted by molar-refractivity contribution is 5.98. The molecule has 0 radical (unpaired) electrons. The van der Waals surface area contributed by atoms with Crippen LogP contribution in [-0.2, 0) is 9.59 Å². The van der Waals surface area contributed by atoms with Gasteiger partial charge < -0.3 is 15.3 Å². The third-order valence-electron chi connectivity index (χ3n) is 3.69. The second-order valence-electron chi connectivity index (χ2n) is 5.61. The molecular weight excluding hydrogens is 329 g/mol. The number of amides is 2. The number of anilines is 1. The van der Waals surface area contributed by atoms with Gasteiger partial charge in [0.2, 0.25) is 11.8 Å². The van der Waals surface area contributed by atoms with Gasteiger partial charge in [-0.05, 0) is 24.6 Å². The highest BCUT2D eigenvalue weighted by Crippen LogP contribution is 2.25. The summed E-state index contributed by atoms with van der Waals surface area (Å²) in [6.45, 7) is -0.106. The third kappa shape index (κ3) is 4.24. The molecule has 1 heterocycles. The van der Waals surface area contributed by atoms with Crippen molar-refractivity contribution in [2.24, 2.45) is 5.92 Å². The van der Waals surface area contributed by atoms with Crippen molar-refractivity contribution < 1.29 is 32.7 Å². The van der Waals surface area contributed by atoms with Gasteiger partial charge >= 0.3 is 12.1 Å². The summed E-state index contributed by atoms with van der Waals surface area (Å²) >= 11 is 0. The summed E-state index contributed by atoms with van der Waals surface area (Å²) in [7, 11) is 0. The van der Waals surface area contributed by atoms with Crippen LogP contribution in [0.1, 0.15) is 22.3 Å². The molecule has 2 rings (SSSR count). The van der Waals surface area contributed by atoms with Crippen molar-refractivity contribution in [1.82, 2.24) is 4.90 Å². The third-order valence-corrected chi connectivity index (χ3v) is 3.69. The van der Waals surface area contributed by atoms with Gasteiger partial charge in [0.05, 0.1) is 11.5 Å². The van der Waals surface area contributed by atoms with Gasteiger partial charge in [-0.15, -0.1) is 0 Å². The number of carboxylic acids is 1. The number of nitrogens with zero attached hydrogens (tertiary/aromatic N) is 1. The minimum atomic E-state index is -4.52. The molecule has 1 aliphatic rings. The van der Waals surface area contributed by atoms with Gasteiger partial charge in [0.25, 0.3) is 0 Å². The Morgan fingerprint density at radius 3 is 2.62 bits per heavy atom. The molecule has 0 bridgehead atoms. The topological polar surface area (TPSA) is 86.7 Å². The van der Waals surface area contributed by atoms with Crippen molar-refractivity contribution in [2.75, 3.05) is 18.4 Å². The Morgan fingerprint density at radius 1 is 1.38 bits per heavy atom. The molecule has 0 saturated carbocycles. The number of carbonyl (C=O) groups excluding carboxylic acids is 2. The van der Waals surface area contributed by atoms with E-state index < -0.39 is 36.4 Å². The Hall–Kier alpha value is -2.58. The van der Waals surface area contributed by atoms with Crippen LogP contribution in [0.3, 0.4) is 0 Å². The summed E-state index contributed by atoms with van der Waals surface area (Å²) in [6, 6.07) is 4.26. The summed E-state index contributed by atoms with van der Waals surface area (Å²) < 4.78 is 37.1. The first-order chi connectivity index (χ1) is 11.1. The molecule has 2 amide bonds. The first kappa shape index (κ1) is 17.8. The normalized spacial score (nSPS) is 17.9. The average Bonchev–Trinajstić information content (AvgIpc) is 2.80. The lowest BCUT2D eigenvalue weighted by Gasteiger charge is -2.18. The van der Waals surface area contributed by atoms with Crippen LogP contribution in [0.25, 0.3) is 0 Å². The molecule has 24 heavy (non-hydrogen) atoms. The van der Waals surface area contributed by atoms with Crippen LogP contribution in [0.4, 0.5) is 18.9 Å². The predicted molar refractivity (Wildman–Crippen MR) is 77.5 cm³/mol. The van der Waals surface area contributed by atoms with E-state index in [2.05, 4.69) is 5.32 Å². The van der Waals surface area contributed by atoms with Crippen LogP contribution < -0.4 is 5.32 Å². The second kappa shape index (κ2) is 6.50. The summed E-state index contributed by atoms with van der Waals surface area (Å²) in [5, 5.41) is 11.5. The van der Waals surface area contributed by atoms with E-state index in [9.17, 15) is 27.6 Å². The zero-order valence-electron chi connectivity index (χ0n) is 12.7. The Morgan fingerprint density at radius 2 is 2.04 bits per heavy atom. The van der Waals surface area contributed by atoms with E-state index in [1.165, 1.54) is 18.2 Å². The average molecular weight is 344 g/mol. The summed E-state index contributed by atoms with van der Waals surface area (Å²) in [5.74, 6) is -3.42. The molecule has 1 aromatic rings. The molecule has 1 atom stereocenters. The van der Waals surface area contributed by atoms with Crippen molar-refractivity contribution >= 4 is 23.5 Å². The van der Waals surface area contributed by atoms with Crippen LogP contribution in [0, 0.1) is 12.8 Å². The smallest absolute Gasteiger partial charge is 0.406 e. The molecule has 1 saturated heterocycles. The second-order valence-corrected chi connectivity index (χ2v) is 5.61. The number of likely N-dealkylation sites (tertiary alicyclic amines) is 1. The van der Waals surface area contributed by atoms with Gasteiger partial charge in [-0.3, -0.25) is 9.59 Å². The SMILES string of the molecule is Cc1ccc(NC(=O)C2CC(=O)N(CC(F)(F)F)C2)cc1C(=O)O. The molecule has 1 aliphatic heterocycles. The number of halogens is 3. The van der Waals surface area contributed by atoms with E-state index in [4.69, 9.17) is 5.11 Å². The lowest BCUT2D eigenvalue weighted by atomic mass is 10.1. The summed E-state index contributed by atoms with van der Waals surface area (Å²) in [6.07, 6.45) is -4.83. The molecule has 6 nitrogen and oxygen atoms in total. The minimum Gasteiger partial charge on any atom is -0.478 e. The van der Waals surface area contributed by atoms with Gasteiger partial charge in [0, 0.05) is 18.7 Å². The minimum absolute atomic E-state index is 0.00833. The largest absolute Gasteiger partial charge is 0.478 e. The summed E-state index contributed by atoms with van der Waals surface area (Å²) in [4.78, 5) is 35.4. The molecule has 1 aromatic carbocycles. The molecule has 130 valence electrons.